The van der Waals surface area contributed by atoms with Gasteiger partial charge in [-0.3, -0.25) is 9.59 Å². The molecular formula is C12H18O5. The second kappa shape index (κ2) is 5.04. The third kappa shape index (κ3) is 2.97. The number of fused-ring (bicyclic) bond motifs is 2. The molecule has 0 N–H and O–H groups in total. The zero-order valence-electron chi connectivity index (χ0n) is 10.2. The van der Waals surface area contributed by atoms with Crippen molar-refractivity contribution in [3.63, 3.8) is 0 Å². The number of hydrogen-bond donors (Lipinski definition) is 0. The van der Waals surface area contributed by atoms with Crippen LogP contribution in [0.25, 0.3) is 0 Å². The maximum atomic E-state index is 11.0. The van der Waals surface area contributed by atoms with E-state index in [1.807, 2.05) is 0 Å². The quantitative estimate of drug-likeness (QED) is 0.681. The van der Waals surface area contributed by atoms with Gasteiger partial charge in [-0.1, -0.05) is 0 Å². The molecule has 0 saturated carbocycles. The Morgan fingerprint density at radius 1 is 0.882 bits per heavy atom. The van der Waals surface area contributed by atoms with E-state index in [1.165, 1.54) is 13.8 Å². The van der Waals surface area contributed by atoms with Crippen LogP contribution >= 0.6 is 0 Å². The van der Waals surface area contributed by atoms with Crippen LogP contribution in [0.2, 0.25) is 0 Å². The van der Waals surface area contributed by atoms with Crippen molar-refractivity contribution in [2.75, 3.05) is 0 Å². The standard InChI is InChI=1S/C12H18O5/c1-7(13)15-9-3-4-10(16-8(2)14)12-6-5-11(9)17-12/h9-12H,3-6H2,1-2H3/t9-,10-,11-,12+/m0/s1. The number of ether oxygens (including phenoxy) is 3. The summed E-state index contributed by atoms with van der Waals surface area (Å²) in [6, 6.07) is 0. The number of carbonyl (C=O) groups excluding carboxylic acids is 2. The second-order valence-electron chi connectivity index (χ2n) is 4.66. The lowest BCUT2D eigenvalue weighted by Gasteiger charge is -2.21. The maximum absolute atomic E-state index is 11.0. The molecule has 2 saturated heterocycles. The fourth-order valence-corrected chi connectivity index (χ4v) is 2.63. The first-order valence-electron chi connectivity index (χ1n) is 6.06. The van der Waals surface area contributed by atoms with E-state index >= 15 is 0 Å². The van der Waals surface area contributed by atoms with Gasteiger partial charge < -0.3 is 14.2 Å². The summed E-state index contributed by atoms with van der Waals surface area (Å²) in [5.74, 6) is -0.569. The highest BCUT2D eigenvalue weighted by atomic mass is 16.6. The molecule has 0 radical (unpaired) electrons. The van der Waals surface area contributed by atoms with Gasteiger partial charge >= 0.3 is 11.9 Å². The van der Waals surface area contributed by atoms with Crippen LogP contribution in [0.3, 0.4) is 0 Å². The summed E-state index contributed by atoms with van der Waals surface area (Å²) in [5, 5.41) is 0. The van der Waals surface area contributed by atoms with Gasteiger partial charge in [0.05, 0.1) is 12.2 Å². The summed E-state index contributed by atoms with van der Waals surface area (Å²) in [7, 11) is 0. The predicted octanol–water partition coefficient (Wildman–Crippen LogP) is 1.19. The first-order chi connectivity index (χ1) is 8.06. The van der Waals surface area contributed by atoms with Crippen molar-refractivity contribution < 1.29 is 23.8 Å². The molecule has 0 amide bonds. The van der Waals surface area contributed by atoms with Crippen LogP contribution in [-0.2, 0) is 23.8 Å². The molecule has 0 unspecified atom stereocenters. The maximum Gasteiger partial charge on any atom is 0.302 e. The molecule has 0 aromatic heterocycles. The zero-order chi connectivity index (χ0) is 12.4. The third-order valence-corrected chi connectivity index (χ3v) is 3.29. The predicted molar refractivity (Wildman–Crippen MR) is 58.2 cm³/mol. The molecule has 96 valence electrons. The lowest BCUT2D eigenvalue weighted by atomic mass is 9.96. The summed E-state index contributed by atoms with van der Waals surface area (Å²) in [4.78, 5) is 22.0. The van der Waals surface area contributed by atoms with Crippen molar-refractivity contribution in [2.24, 2.45) is 0 Å². The first-order valence-corrected chi connectivity index (χ1v) is 6.06. The minimum Gasteiger partial charge on any atom is -0.460 e. The molecule has 0 aromatic rings. The van der Waals surface area contributed by atoms with Gasteiger partial charge in [-0.05, 0) is 25.7 Å². The lowest BCUT2D eigenvalue weighted by molar-refractivity contribution is -0.156. The third-order valence-electron chi connectivity index (χ3n) is 3.29. The van der Waals surface area contributed by atoms with Crippen LogP contribution in [0, 0.1) is 0 Å². The number of hydrogen-bond acceptors (Lipinski definition) is 5. The van der Waals surface area contributed by atoms with Gasteiger partial charge in [0.25, 0.3) is 0 Å². The largest absolute Gasteiger partial charge is 0.460 e. The van der Waals surface area contributed by atoms with E-state index in [-0.39, 0.29) is 36.4 Å². The van der Waals surface area contributed by atoms with Crippen LogP contribution in [0.4, 0.5) is 0 Å². The van der Waals surface area contributed by atoms with Gasteiger partial charge in [0, 0.05) is 13.8 Å². The van der Waals surface area contributed by atoms with E-state index in [2.05, 4.69) is 0 Å². The van der Waals surface area contributed by atoms with Crippen LogP contribution in [0.1, 0.15) is 39.5 Å². The summed E-state index contributed by atoms with van der Waals surface area (Å²) in [6.07, 6.45) is 2.64. The Labute approximate surface area is 100 Å². The average Bonchev–Trinajstić information content (AvgIpc) is 2.63. The fourth-order valence-electron chi connectivity index (χ4n) is 2.63. The molecule has 2 heterocycles. The number of carbonyl (C=O) groups is 2. The van der Waals surface area contributed by atoms with Crippen LogP contribution in [-0.4, -0.2) is 36.4 Å². The van der Waals surface area contributed by atoms with E-state index in [0.29, 0.717) is 12.8 Å². The highest BCUT2D eigenvalue weighted by Gasteiger charge is 2.42. The summed E-state index contributed by atoms with van der Waals surface area (Å²) >= 11 is 0. The molecule has 2 aliphatic heterocycles. The lowest BCUT2D eigenvalue weighted by Crippen LogP contribution is -2.29. The Balaban J connectivity index is 2.00. The second-order valence-corrected chi connectivity index (χ2v) is 4.66. The molecule has 2 aliphatic rings. The fraction of sp³-hybridized carbons (Fsp3) is 0.833. The molecule has 5 nitrogen and oxygen atoms in total. The SMILES string of the molecule is CC(=O)O[C@H]1CC[C@H](OC(C)=O)[C@H]2CC[C@@H]1O2. The Morgan fingerprint density at radius 3 is 1.65 bits per heavy atom. The van der Waals surface area contributed by atoms with Crippen molar-refractivity contribution >= 4 is 11.9 Å². The van der Waals surface area contributed by atoms with E-state index in [4.69, 9.17) is 14.2 Å². The molecule has 17 heavy (non-hydrogen) atoms. The smallest absolute Gasteiger partial charge is 0.302 e. The molecule has 0 aliphatic carbocycles. The molecule has 2 fully saturated rings. The molecule has 0 aromatic carbocycles. The number of rotatable bonds is 2. The Bertz CT molecular complexity index is 284. The zero-order valence-corrected chi connectivity index (χ0v) is 10.2. The van der Waals surface area contributed by atoms with Gasteiger partial charge in [0.15, 0.2) is 0 Å². The van der Waals surface area contributed by atoms with Crippen LogP contribution in [0.15, 0.2) is 0 Å². The van der Waals surface area contributed by atoms with Gasteiger partial charge in [0.1, 0.15) is 12.2 Å². The monoisotopic (exact) mass is 242 g/mol. The Morgan fingerprint density at radius 2 is 1.29 bits per heavy atom. The Hall–Kier alpha value is -1.10. The minimum absolute atomic E-state index is 0.0375. The highest BCUT2D eigenvalue weighted by molar-refractivity contribution is 5.66. The molecule has 0 spiro atoms. The van der Waals surface area contributed by atoms with Crippen molar-refractivity contribution in [1.29, 1.82) is 0 Å². The number of esters is 2. The average molecular weight is 242 g/mol. The normalized spacial score (nSPS) is 36.1. The Kier molecular flexibility index (Phi) is 3.66. The molecule has 2 bridgehead atoms. The van der Waals surface area contributed by atoms with Gasteiger partial charge in [0.2, 0.25) is 0 Å². The van der Waals surface area contributed by atoms with Crippen LogP contribution in [0.5, 0.6) is 0 Å². The topological polar surface area (TPSA) is 61.8 Å². The minimum atomic E-state index is -0.284. The molecular weight excluding hydrogens is 224 g/mol. The van der Waals surface area contributed by atoms with Gasteiger partial charge in [-0.15, -0.1) is 0 Å². The molecule has 5 heteroatoms. The van der Waals surface area contributed by atoms with E-state index < -0.39 is 0 Å². The van der Waals surface area contributed by atoms with Gasteiger partial charge in [-0.25, -0.2) is 0 Å². The highest BCUT2D eigenvalue weighted by Crippen LogP contribution is 2.34. The van der Waals surface area contributed by atoms with Crippen molar-refractivity contribution in [2.45, 2.75) is 63.9 Å². The molecule has 2 rings (SSSR count). The van der Waals surface area contributed by atoms with Crippen LogP contribution < -0.4 is 0 Å². The molecule has 4 atom stereocenters. The van der Waals surface area contributed by atoms with E-state index in [0.717, 1.165) is 12.8 Å². The summed E-state index contributed by atoms with van der Waals surface area (Å²) < 4.78 is 16.3. The van der Waals surface area contributed by atoms with Crippen molar-refractivity contribution in [1.82, 2.24) is 0 Å². The van der Waals surface area contributed by atoms with E-state index in [1.54, 1.807) is 0 Å². The van der Waals surface area contributed by atoms with Crippen molar-refractivity contribution in [3.8, 4) is 0 Å². The van der Waals surface area contributed by atoms with Gasteiger partial charge in [-0.2, -0.15) is 0 Å². The summed E-state index contributed by atoms with van der Waals surface area (Å²) in [5.41, 5.74) is 0. The first kappa shape index (κ1) is 12.4. The summed E-state index contributed by atoms with van der Waals surface area (Å²) in [6.45, 7) is 2.81. The van der Waals surface area contributed by atoms with E-state index in [9.17, 15) is 9.59 Å². The van der Waals surface area contributed by atoms with Crippen molar-refractivity contribution in [3.05, 3.63) is 0 Å².